The topological polar surface area (TPSA) is 25.8 Å². The Kier molecular flexibility index (Phi) is 9.51. The molecule has 0 fully saturated rings. The van der Waals surface area contributed by atoms with E-state index >= 15 is 0 Å². The van der Waals surface area contributed by atoms with Gasteiger partial charge in [0.25, 0.3) is 0 Å². The van der Waals surface area contributed by atoms with Gasteiger partial charge < -0.3 is 9.97 Å². The van der Waals surface area contributed by atoms with E-state index < -0.39 is 0 Å². The molecule has 0 amide bonds. The molecule has 2 nitrogen and oxygen atoms in total. The Hall–Kier alpha value is -3.39. The zero-order chi connectivity index (χ0) is 27.3. The zero-order valence-electron chi connectivity index (χ0n) is 23.7. The predicted molar refractivity (Wildman–Crippen MR) is 162 cm³/mol. The van der Waals surface area contributed by atoms with Crippen LogP contribution in [0.1, 0.15) is 58.1 Å². The third-order valence-electron chi connectivity index (χ3n) is 7.81. The van der Waals surface area contributed by atoms with Gasteiger partial charge in [0.15, 0.2) is 0 Å². The Labute approximate surface area is 253 Å². The van der Waals surface area contributed by atoms with E-state index in [1.807, 2.05) is 73.1 Å². The van der Waals surface area contributed by atoms with Crippen LogP contribution in [0.4, 0.5) is 0 Å². The molecule has 3 heteroatoms. The molecule has 1 aliphatic rings. The van der Waals surface area contributed by atoms with Gasteiger partial charge in [-0.2, -0.15) is 0 Å². The summed E-state index contributed by atoms with van der Waals surface area (Å²) in [5, 5.41) is 0. The van der Waals surface area contributed by atoms with Crippen molar-refractivity contribution in [2.45, 2.75) is 57.8 Å². The van der Waals surface area contributed by atoms with Crippen LogP contribution in [-0.2, 0) is 30.9 Å². The maximum absolute atomic E-state index is 4.47. The molecule has 0 aliphatic heterocycles. The molecule has 0 unspecified atom stereocenters. The molecule has 0 bridgehead atoms. The third kappa shape index (κ3) is 6.84. The van der Waals surface area contributed by atoms with Crippen LogP contribution >= 0.6 is 0 Å². The number of hydrogen-bond donors (Lipinski definition) is 0. The molecule has 0 N–H and O–H groups in total. The second-order valence-electron chi connectivity index (χ2n) is 11.6. The summed E-state index contributed by atoms with van der Waals surface area (Å²) in [6.45, 7) is 9.47. The molecule has 40 heavy (non-hydrogen) atoms. The Morgan fingerprint density at radius 2 is 1.30 bits per heavy atom. The molecule has 0 spiro atoms. The van der Waals surface area contributed by atoms with Gasteiger partial charge in [0.05, 0.1) is 0 Å². The van der Waals surface area contributed by atoms with Gasteiger partial charge in [-0.05, 0) is 51.9 Å². The summed E-state index contributed by atoms with van der Waals surface area (Å²) in [5.74, 6) is 0. The quantitative estimate of drug-likeness (QED) is 0.139. The van der Waals surface area contributed by atoms with E-state index in [2.05, 4.69) is 86.2 Å². The first-order valence-electron chi connectivity index (χ1n) is 13.8. The van der Waals surface area contributed by atoms with E-state index in [1.165, 1.54) is 41.5 Å². The van der Waals surface area contributed by atoms with Crippen molar-refractivity contribution in [2.75, 3.05) is 0 Å². The number of hydrogen-bond acceptors (Lipinski definition) is 2. The zero-order valence-corrected chi connectivity index (χ0v) is 26.1. The van der Waals surface area contributed by atoms with Crippen LogP contribution in [0, 0.1) is 12.1 Å². The van der Waals surface area contributed by atoms with E-state index in [0.29, 0.717) is 0 Å². The van der Waals surface area contributed by atoms with E-state index in [4.69, 9.17) is 0 Å². The molecule has 3 aromatic carbocycles. The number of pyridine rings is 2. The first kappa shape index (κ1) is 29.6. The second kappa shape index (κ2) is 12.9. The summed E-state index contributed by atoms with van der Waals surface area (Å²) in [4.78, 5) is 8.88. The molecule has 6 rings (SSSR count). The molecule has 205 valence electrons. The van der Waals surface area contributed by atoms with Crippen molar-refractivity contribution in [3.05, 3.63) is 133 Å². The van der Waals surface area contributed by atoms with Crippen molar-refractivity contribution in [1.82, 2.24) is 9.97 Å². The number of fused-ring (bicyclic) bond motifs is 1. The smallest absolute Gasteiger partial charge is 0.0166 e. The van der Waals surface area contributed by atoms with E-state index in [9.17, 15) is 0 Å². The molecule has 0 atom stereocenters. The predicted octanol–water partition coefficient (Wildman–Crippen LogP) is 9.50. The third-order valence-corrected chi connectivity index (χ3v) is 7.81. The fourth-order valence-electron chi connectivity index (χ4n) is 5.46. The summed E-state index contributed by atoms with van der Waals surface area (Å²) < 4.78 is 0. The second-order valence-corrected chi connectivity index (χ2v) is 11.6. The van der Waals surface area contributed by atoms with Crippen LogP contribution in [0.3, 0.4) is 0 Å². The van der Waals surface area contributed by atoms with Gasteiger partial charge in [0, 0.05) is 32.5 Å². The van der Waals surface area contributed by atoms with Crippen molar-refractivity contribution in [2.24, 2.45) is 0 Å². The van der Waals surface area contributed by atoms with Crippen molar-refractivity contribution in [1.29, 1.82) is 0 Å². The molecule has 5 aromatic rings. The number of benzene rings is 3. The van der Waals surface area contributed by atoms with Crippen LogP contribution < -0.4 is 0 Å². The van der Waals surface area contributed by atoms with Crippen molar-refractivity contribution < 1.29 is 20.1 Å². The van der Waals surface area contributed by atoms with Crippen molar-refractivity contribution in [3.8, 4) is 33.6 Å². The number of nitrogens with zero attached hydrogens (tertiary/aromatic N) is 2. The van der Waals surface area contributed by atoms with Crippen LogP contribution in [0.5, 0.6) is 0 Å². The maximum atomic E-state index is 4.47. The standard InChI is InChI=1S/C20H24N.C17H12N.Ir/c1-19(2)11-7-12-20(3,4)17-14-15(9-10-16(17)19)18-8-5-6-13-21-18;1-3-7-14(8-4-1)16-11-12-18-17(13-16)15-9-5-2-6-10-15;/h5-6,8,10,13-14H,7,11-12H2,1-4H3;1-9,11-13H;/q2*-1;. The van der Waals surface area contributed by atoms with Gasteiger partial charge >= 0.3 is 0 Å². The summed E-state index contributed by atoms with van der Waals surface area (Å²) >= 11 is 0. The fraction of sp³-hybridized carbons (Fsp3) is 0.243. The Morgan fingerprint density at radius 1 is 0.600 bits per heavy atom. The van der Waals surface area contributed by atoms with Gasteiger partial charge in [0.2, 0.25) is 0 Å². The molecular weight excluding hydrogens is 665 g/mol. The molecule has 2 heterocycles. The Balaban J connectivity index is 0.000000182. The van der Waals surface area contributed by atoms with Gasteiger partial charge in [-0.15, -0.1) is 70.8 Å². The molecular formula is C37H36IrN2-2. The van der Waals surface area contributed by atoms with Crippen LogP contribution in [0.2, 0.25) is 0 Å². The largest absolute Gasteiger partial charge is 0.305 e. The molecule has 1 aliphatic carbocycles. The molecule has 0 saturated heterocycles. The molecule has 0 saturated carbocycles. The minimum atomic E-state index is 0. The molecule has 1 radical (unpaired) electrons. The van der Waals surface area contributed by atoms with E-state index in [0.717, 1.165) is 22.5 Å². The van der Waals surface area contributed by atoms with Crippen LogP contribution in [-0.4, -0.2) is 9.97 Å². The first-order chi connectivity index (χ1) is 18.8. The normalized spacial score (nSPS) is 14.9. The van der Waals surface area contributed by atoms with Crippen molar-refractivity contribution >= 4 is 0 Å². The summed E-state index contributed by atoms with van der Waals surface area (Å²) in [6, 6.07) is 39.6. The SMILES string of the molecule is CC1(C)CCCC(C)(C)c2cc(-c3ccccn3)[c-]cc21.[Ir].[c-]1ccccc1-c1cc(-c2ccccc2)ccn1. The number of rotatable bonds is 3. The summed E-state index contributed by atoms with van der Waals surface area (Å²) in [7, 11) is 0. The van der Waals surface area contributed by atoms with Gasteiger partial charge in [0.1, 0.15) is 0 Å². The van der Waals surface area contributed by atoms with E-state index in [-0.39, 0.29) is 30.9 Å². The van der Waals surface area contributed by atoms with E-state index in [1.54, 1.807) is 0 Å². The minimum absolute atomic E-state index is 0. The minimum Gasteiger partial charge on any atom is -0.305 e. The van der Waals surface area contributed by atoms with Gasteiger partial charge in [-0.1, -0.05) is 89.1 Å². The van der Waals surface area contributed by atoms with Crippen molar-refractivity contribution in [3.63, 3.8) is 0 Å². The van der Waals surface area contributed by atoms with Crippen LogP contribution in [0.15, 0.2) is 109 Å². The monoisotopic (exact) mass is 701 g/mol. The summed E-state index contributed by atoms with van der Waals surface area (Å²) in [5.41, 5.74) is 9.89. The molecule has 2 aromatic heterocycles. The van der Waals surface area contributed by atoms with Gasteiger partial charge in [-0.25, -0.2) is 0 Å². The average Bonchev–Trinajstić information content (AvgIpc) is 3.07. The Bertz CT molecular complexity index is 1460. The number of aromatic nitrogens is 2. The van der Waals surface area contributed by atoms with Crippen LogP contribution in [0.25, 0.3) is 33.6 Å². The average molecular weight is 701 g/mol. The van der Waals surface area contributed by atoms with Gasteiger partial charge in [-0.3, -0.25) is 0 Å². The maximum Gasteiger partial charge on any atom is 0.0166 e. The Morgan fingerprint density at radius 3 is 2.00 bits per heavy atom. The fourth-order valence-corrected chi connectivity index (χ4v) is 5.46. The first-order valence-corrected chi connectivity index (χ1v) is 13.8. The summed E-state index contributed by atoms with van der Waals surface area (Å²) in [6.07, 6.45) is 7.48.